The highest BCUT2D eigenvalue weighted by Crippen LogP contribution is 2.14. The van der Waals surface area contributed by atoms with Crippen molar-refractivity contribution in [2.75, 3.05) is 6.61 Å². The molecule has 0 aromatic rings. The molecule has 0 radical (unpaired) electrons. The van der Waals surface area contributed by atoms with Gasteiger partial charge in [0.15, 0.2) is 0 Å². The summed E-state index contributed by atoms with van der Waals surface area (Å²) in [6.07, 6.45) is 40.7. The number of rotatable bonds is 33. The number of carboxylic acids is 1. The molecule has 0 bridgehead atoms. The molecule has 0 atom stereocenters. The van der Waals surface area contributed by atoms with Crippen molar-refractivity contribution in [2.24, 2.45) is 0 Å². The molecule has 0 aliphatic rings. The molecule has 0 aromatic carbocycles. The molecule has 0 saturated carbocycles. The minimum Gasteiger partial charge on any atom is -0.481 e. The summed E-state index contributed by atoms with van der Waals surface area (Å²) in [6.45, 7) is 2.86. The summed E-state index contributed by atoms with van der Waals surface area (Å²) in [6, 6.07) is 0. The zero-order valence-electron chi connectivity index (χ0n) is 26.7. The van der Waals surface area contributed by atoms with Crippen molar-refractivity contribution in [3.63, 3.8) is 0 Å². The Hall–Kier alpha value is -1.32. The van der Waals surface area contributed by atoms with Gasteiger partial charge in [-0.3, -0.25) is 9.59 Å². The second-order valence-electron chi connectivity index (χ2n) is 12.0. The van der Waals surface area contributed by atoms with Crippen LogP contribution in [0.3, 0.4) is 0 Å². The Morgan fingerprint density at radius 2 is 0.825 bits per heavy atom. The van der Waals surface area contributed by atoms with E-state index >= 15 is 0 Å². The smallest absolute Gasteiger partial charge is 0.305 e. The summed E-state index contributed by atoms with van der Waals surface area (Å²) >= 11 is 0. The standard InChI is InChI=1S/C36H68O4/c1-2-3-4-5-6-7-8-9-11-15-18-21-24-27-30-33-36(39)40-34-31-28-25-22-19-16-13-10-12-14-17-20-23-26-29-32-35(37)38/h6-7H,2-5,8-34H2,1H3,(H,37,38). The molecule has 0 fully saturated rings. The van der Waals surface area contributed by atoms with Crippen LogP contribution >= 0.6 is 0 Å². The zero-order chi connectivity index (χ0) is 29.2. The monoisotopic (exact) mass is 565 g/mol. The van der Waals surface area contributed by atoms with Gasteiger partial charge in [-0.2, -0.15) is 0 Å². The van der Waals surface area contributed by atoms with Crippen molar-refractivity contribution in [3.8, 4) is 0 Å². The molecule has 0 aromatic heterocycles. The van der Waals surface area contributed by atoms with Gasteiger partial charge in [-0.05, 0) is 44.9 Å². The summed E-state index contributed by atoms with van der Waals surface area (Å²) in [5.41, 5.74) is 0. The Morgan fingerprint density at radius 1 is 0.475 bits per heavy atom. The van der Waals surface area contributed by atoms with E-state index in [2.05, 4.69) is 19.1 Å². The highest BCUT2D eigenvalue weighted by molar-refractivity contribution is 5.69. The zero-order valence-corrected chi connectivity index (χ0v) is 26.7. The van der Waals surface area contributed by atoms with Gasteiger partial charge in [0.2, 0.25) is 0 Å². The first-order valence-corrected chi connectivity index (χ1v) is 17.7. The SMILES string of the molecule is CCCCCC=CCCCCCCCCCCC(=O)OCCCCCCCCCCCCCCCCCC(=O)O. The maximum atomic E-state index is 11.9. The molecule has 0 saturated heterocycles. The van der Waals surface area contributed by atoms with Crippen molar-refractivity contribution in [1.82, 2.24) is 0 Å². The predicted octanol–water partition coefficient (Wildman–Crippen LogP) is 11.9. The average Bonchev–Trinajstić information content (AvgIpc) is 2.94. The molecular formula is C36H68O4. The Labute approximate surface area is 249 Å². The minimum absolute atomic E-state index is 0.000866. The van der Waals surface area contributed by atoms with E-state index < -0.39 is 5.97 Å². The molecule has 0 spiro atoms. The third kappa shape index (κ3) is 34.7. The van der Waals surface area contributed by atoms with E-state index in [4.69, 9.17) is 9.84 Å². The number of ether oxygens (including phenoxy) is 1. The summed E-state index contributed by atoms with van der Waals surface area (Å²) in [4.78, 5) is 22.4. The van der Waals surface area contributed by atoms with Crippen molar-refractivity contribution in [1.29, 1.82) is 0 Å². The molecule has 0 aliphatic heterocycles. The van der Waals surface area contributed by atoms with Gasteiger partial charge in [-0.1, -0.05) is 154 Å². The van der Waals surface area contributed by atoms with Crippen LogP contribution < -0.4 is 0 Å². The normalized spacial score (nSPS) is 11.4. The number of unbranched alkanes of at least 4 members (excludes halogenated alkanes) is 25. The Balaban J connectivity index is 3.18. The molecule has 0 amide bonds. The lowest BCUT2D eigenvalue weighted by Crippen LogP contribution is -2.05. The molecular weight excluding hydrogens is 496 g/mol. The molecule has 0 unspecified atom stereocenters. The van der Waals surface area contributed by atoms with Gasteiger partial charge in [0.05, 0.1) is 6.61 Å². The van der Waals surface area contributed by atoms with Crippen molar-refractivity contribution in [3.05, 3.63) is 12.2 Å². The number of carboxylic acid groups (broad SMARTS) is 1. The second kappa shape index (κ2) is 33.9. The highest BCUT2D eigenvalue weighted by Gasteiger charge is 2.03. The fourth-order valence-electron chi connectivity index (χ4n) is 5.27. The van der Waals surface area contributed by atoms with Gasteiger partial charge in [0.25, 0.3) is 0 Å². The van der Waals surface area contributed by atoms with E-state index in [0.717, 1.165) is 32.1 Å². The molecule has 236 valence electrons. The van der Waals surface area contributed by atoms with Gasteiger partial charge in [-0.25, -0.2) is 0 Å². The third-order valence-electron chi connectivity index (χ3n) is 7.94. The van der Waals surface area contributed by atoms with Gasteiger partial charge < -0.3 is 9.84 Å². The lowest BCUT2D eigenvalue weighted by atomic mass is 10.0. The summed E-state index contributed by atoms with van der Waals surface area (Å²) in [5.74, 6) is -0.666. The largest absolute Gasteiger partial charge is 0.481 e. The van der Waals surface area contributed by atoms with E-state index in [-0.39, 0.29) is 5.97 Å². The molecule has 0 rings (SSSR count). The number of carbonyl (C=O) groups is 2. The number of hydrogen-bond acceptors (Lipinski definition) is 3. The number of esters is 1. The molecule has 4 nitrogen and oxygen atoms in total. The van der Waals surface area contributed by atoms with Crippen LogP contribution in [0.1, 0.15) is 200 Å². The van der Waals surface area contributed by atoms with Crippen molar-refractivity contribution in [2.45, 2.75) is 200 Å². The first-order valence-electron chi connectivity index (χ1n) is 17.7. The number of hydrogen-bond donors (Lipinski definition) is 1. The molecule has 1 N–H and O–H groups in total. The molecule has 40 heavy (non-hydrogen) atoms. The van der Waals surface area contributed by atoms with E-state index in [1.54, 1.807) is 0 Å². The quantitative estimate of drug-likeness (QED) is 0.0489. The number of allylic oxidation sites excluding steroid dienone is 2. The molecule has 0 aliphatic carbocycles. The van der Waals surface area contributed by atoms with E-state index in [0.29, 0.717) is 19.4 Å². The lowest BCUT2D eigenvalue weighted by Gasteiger charge is -2.06. The van der Waals surface area contributed by atoms with Gasteiger partial charge in [0.1, 0.15) is 0 Å². The number of carbonyl (C=O) groups excluding carboxylic acids is 1. The minimum atomic E-state index is -0.666. The van der Waals surface area contributed by atoms with Crippen LogP contribution in [0.15, 0.2) is 12.2 Å². The average molecular weight is 565 g/mol. The molecule has 4 heteroatoms. The van der Waals surface area contributed by atoms with Gasteiger partial charge in [0, 0.05) is 12.8 Å². The fourth-order valence-corrected chi connectivity index (χ4v) is 5.27. The predicted molar refractivity (Wildman–Crippen MR) is 172 cm³/mol. The van der Waals surface area contributed by atoms with Crippen LogP contribution in [-0.4, -0.2) is 23.7 Å². The first-order chi connectivity index (χ1) is 19.7. The lowest BCUT2D eigenvalue weighted by molar-refractivity contribution is -0.144. The van der Waals surface area contributed by atoms with Crippen LogP contribution in [0.2, 0.25) is 0 Å². The van der Waals surface area contributed by atoms with E-state index in [1.807, 2.05) is 0 Å². The van der Waals surface area contributed by atoms with E-state index in [9.17, 15) is 9.59 Å². The first kappa shape index (κ1) is 38.7. The van der Waals surface area contributed by atoms with Crippen molar-refractivity contribution >= 4 is 11.9 Å². The Bertz CT molecular complexity index is 557. The van der Waals surface area contributed by atoms with Crippen LogP contribution in [0, 0.1) is 0 Å². The Morgan fingerprint density at radius 3 is 1.25 bits per heavy atom. The number of aliphatic carboxylic acids is 1. The van der Waals surface area contributed by atoms with Crippen LogP contribution in [0.25, 0.3) is 0 Å². The van der Waals surface area contributed by atoms with Gasteiger partial charge >= 0.3 is 11.9 Å². The maximum absolute atomic E-state index is 11.9. The van der Waals surface area contributed by atoms with Crippen LogP contribution in [0.5, 0.6) is 0 Å². The topological polar surface area (TPSA) is 63.6 Å². The van der Waals surface area contributed by atoms with E-state index in [1.165, 1.54) is 148 Å². The Kier molecular flexibility index (Phi) is 32.8. The third-order valence-corrected chi connectivity index (χ3v) is 7.94. The van der Waals surface area contributed by atoms with Gasteiger partial charge in [-0.15, -0.1) is 0 Å². The maximum Gasteiger partial charge on any atom is 0.305 e. The molecule has 0 heterocycles. The fraction of sp³-hybridized carbons (Fsp3) is 0.889. The summed E-state index contributed by atoms with van der Waals surface area (Å²) in [5, 5.41) is 8.62. The van der Waals surface area contributed by atoms with Crippen LogP contribution in [0.4, 0.5) is 0 Å². The highest BCUT2D eigenvalue weighted by atomic mass is 16.5. The second-order valence-corrected chi connectivity index (χ2v) is 12.0. The summed E-state index contributed by atoms with van der Waals surface area (Å²) < 4.78 is 5.42. The van der Waals surface area contributed by atoms with Crippen molar-refractivity contribution < 1.29 is 19.4 Å². The van der Waals surface area contributed by atoms with Crippen LogP contribution in [-0.2, 0) is 14.3 Å². The summed E-state index contributed by atoms with van der Waals surface area (Å²) in [7, 11) is 0.